The standard InChI is InChI=1S/C14H12Cl3N/c15-11-3-1-2-9(4-11)14(8-18)10-5-12(16)7-13(17)6-10/h1-7,14H,8,18H2. The van der Waals surface area contributed by atoms with E-state index in [-0.39, 0.29) is 5.92 Å². The molecule has 1 unspecified atom stereocenters. The van der Waals surface area contributed by atoms with Crippen molar-refractivity contribution >= 4 is 34.8 Å². The molecule has 0 aromatic heterocycles. The van der Waals surface area contributed by atoms with Crippen molar-refractivity contribution in [1.29, 1.82) is 0 Å². The summed E-state index contributed by atoms with van der Waals surface area (Å²) in [5, 5.41) is 1.91. The van der Waals surface area contributed by atoms with Crippen LogP contribution in [0, 0.1) is 0 Å². The molecule has 2 aromatic rings. The Morgan fingerprint density at radius 2 is 1.44 bits per heavy atom. The zero-order valence-corrected chi connectivity index (χ0v) is 11.8. The predicted octanol–water partition coefficient (Wildman–Crippen LogP) is 4.74. The number of rotatable bonds is 3. The first-order valence-electron chi connectivity index (χ1n) is 5.51. The summed E-state index contributed by atoms with van der Waals surface area (Å²) in [5.41, 5.74) is 7.91. The van der Waals surface area contributed by atoms with E-state index in [2.05, 4.69) is 0 Å². The summed E-state index contributed by atoms with van der Waals surface area (Å²) in [6.07, 6.45) is 0. The van der Waals surface area contributed by atoms with Crippen LogP contribution in [0.25, 0.3) is 0 Å². The van der Waals surface area contributed by atoms with Crippen LogP contribution in [0.4, 0.5) is 0 Å². The molecular formula is C14H12Cl3N. The molecule has 0 radical (unpaired) electrons. The van der Waals surface area contributed by atoms with Gasteiger partial charge in [0.2, 0.25) is 0 Å². The van der Waals surface area contributed by atoms with E-state index in [1.807, 2.05) is 36.4 Å². The van der Waals surface area contributed by atoms with Crippen molar-refractivity contribution in [1.82, 2.24) is 0 Å². The summed E-state index contributed by atoms with van der Waals surface area (Å²) in [6, 6.07) is 13.1. The molecule has 4 heteroatoms. The molecule has 0 aliphatic heterocycles. The molecular weight excluding hydrogens is 289 g/mol. The van der Waals surface area contributed by atoms with Gasteiger partial charge in [-0.15, -0.1) is 0 Å². The molecule has 0 saturated heterocycles. The Bertz CT molecular complexity index is 534. The number of nitrogens with two attached hydrogens (primary N) is 1. The van der Waals surface area contributed by atoms with Gasteiger partial charge >= 0.3 is 0 Å². The van der Waals surface area contributed by atoms with Crippen molar-refractivity contribution in [3.63, 3.8) is 0 Å². The Labute approximate surface area is 121 Å². The molecule has 0 aliphatic rings. The van der Waals surface area contributed by atoms with Gasteiger partial charge in [-0.2, -0.15) is 0 Å². The maximum Gasteiger partial charge on any atom is 0.0423 e. The van der Waals surface area contributed by atoms with E-state index in [9.17, 15) is 0 Å². The Kier molecular flexibility index (Phi) is 4.52. The van der Waals surface area contributed by atoms with Crippen LogP contribution in [-0.2, 0) is 0 Å². The highest BCUT2D eigenvalue weighted by molar-refractivity contribution is 6.34. The van der Waals surface area contributed by atoms with Crippen LogP contribution in [-0.4, -0.2) is 6.54 Å². The lowest BCUT2D eigenvalue weighted by molar-refractivity contribution is 0.819. The SMILES string of the molecule is NCC(c1cccc(Cl)c1)c1cc(Cl)cc(Cl)c1. The van der Waals surface area contributed by atoms with E-state index in [1.54, 1.807) is 6.07 Å². The lowest BCUT2D eigenvalue weighted by Gasteiger charge is -2.16. The van der Waals surface area contributed by atoms with Crippen LogP contribution < -0.4 is 5.73 Å². The minimum atomic E-state index is 0.0416. The molecule has 0 bridgehead atoms. The number of benzene rings is 2. The van der Waals surface area contributed by atoms with Crippen LogP contribution >= 0.6 is 34.8 Å². The van der Waals surface area contributed by atoms with Gasteiger partial charge in [0.05, 0.1) is 0 Å². The largest absolute Gasteiger partial charge is 0.330 e. The van der Waals surface area contributed by atoms with Crippen LogP contribution in [0.3, 0.4) is 0 Å². The van der Waals surface area contributed by atoms with E-state index < -0.39 is 0 Å². The topological polar surface area (TPSA) is 26.0 Å². The van der Waals surface area contributed by atoms with Crippen LogP contribution in [0.1, 0.15) is 17.0 Å². The molecule has 0 aliphatic carbocycles. The summed E-state index contributed by atoms with van der Waals surface area (Å²) < 4.78 is 0. The number of hydrogen-bond donors (Lipinski definition) is 1. The van der Waals surface area contributed by atoms with Crippen molar-refractivity contribution in [2.45, 2.75) is 5.92 Å². The van der Waals surface area contributed by atoms with Gasteiger partial charge in [0.1, 0.15) is 0 Å². The highest BCUT2D eigenvalue weighted by Gasteiger charge is 2.14. The van der Waals surface area contributed by atoms with Gasteiger partial charge in [-0.3, -0.25) is 0 Å². The molecule has 0 heterocycles. The van der Waals surface area contributed by atoms with Gasteiger partial charge in [-0.25, -0.2) is 0 Å². The minimum absolute atomic E-state index is 0.0416. The average Bonchev–Trinajstić information content (AvgIpc) is 2.28. The van der Waals surface area contributed by atoms with E-state index in [0.717, 1.165) is 11.1 Å². The molecule has 18 heavy (non-hydrogen) atoms. The van der Waals surface area contributed by atoms with Gasteiger partial charge in [-0.05, 0) is 41.5 Å². The van der Waals surface area contributed by atoms with Crippen LogP contribution in [0.2, 0.25) is 15.1 Å². The Balaban J connectivity index is 2.45. The molecule has 0 amide bonds. The zero-order valence-electron chi connectivity index (χ0n) is 9.54. The van der Waals surface area contributed by atoms with Crippen LogP contribution in [0.15, 0.2) is 42.5 Å². The fourth-order valence-electron chi connectivity index (χ4n) is 1.96. The van der Waals surface area contributed by atoms with Crippen LogP contribution in [0.5, 0.6) is 0 Å². The van der Waals surface area contributed by atoms with Gasteiger partial charge in [-0.1, -0.05) is 46.9 Å². The molecule has 2 N–H and O–H groups in total. The van der Waals surface area contributed by atoms with Crippen molar-refractivity contribution in [3.8, 4) is 0 Å². The summed E-state index contributed by atoms with van der Waals surface area (Å²) in [6.45, 7) is 0.469. The molecule has 0 saturated carbocycles. The summed E-state index contributed by atoms with van der Waals surface area (Å²) >= 11 is 18.0. The second-order valence-corrected chi connectivity index (χ2v) is 5.36. The molecule has 2 aromatic carbocycles. The first-order valence-corrected chi connectivity index (χ1v) is 6.65. The third-order valence-corrected chi connectivity index (χ3v) is 3.45. The summed E-state index contributed by atoms with van der Waals surface area (Å²) in [5.74, 6) is 0.0416. The van der Waals surface area contributed by atoms with Crippen molar-refractivity contribution < 1.29 is 0 Å². The lowest BCUT2D eigenvalue weighted by atomic mass is 9.91. The zero-order chi connectivity index (χ0) is 13.1. The first-order chi connectivity index (χ1) is 8.60. The average molecular weight is 301 g/mol. The molecule has 0 spiro atoms. The highest BCUT2D eigenvalue weighted by atomic mass is 35.5. The van der Waals surface area contributed by atoms with Crippen molar-refractivity contribution in [3.05, 3.63) is 68.7 Å². The van der Waals surface area contributed by atoms with Gasteiger partial charge in [0.25, 0.3) is 0 Å². The van der Waals surface area contributed by atoms with E-state index in [4.69, 9.17) is 40.5 Å². The van der Waals surface area contributed by atoms with E-state index in [0.29, 0.717) is 21.6 Å². The Morgan fingerprint density at radius 1 is 0.833 bits per heavy atom. The molecule has 0 fully saturated rings. The molecule has 2 rings (SSSR count). The number of halogens is 3. The fraction of sp³-hybridized carbons (Fsp3) is 0.143. The molecule has 1 nitrogen and oxygen atoms in total. The molecule has 1 atom stereocenters. The minimum Gasteiger partial charge on any atom is -0.330 e. The summed E-state index contributed by atoms with van der Waals surface area (Å²) in [4.78, 5) is 0. The third kappa shape index (κ3) is 3.18. The first kappa shape index (κ1) is 13.7. The third-order valence-electron chi connectivity index (χ3n) is 2.77. The molecule has 94 valence electrons. The fourth-order valence-corrected chi connectivity index (χ4v) is 2.71. The lowest BCUT2D eigenvalue weighted by Crippen LogP contribution is -2.13. The predicted molar refractivity (Wildman–Crippen MR) is 78.8 cm³/mol. The van der Waals surface area contributed by atoms with E-state index >= 15 is 0 Å². The normalized spacial score (nSPS) is 12.4. The number of hydrogen-bond acceptors (Lipinski definition) is 1. The summed E-state index contributed by atoms with van der Waals surface area (Å²) in [7, 11) is 0. The van der Waals surface area contributed by atoms with Gasteiger partial charge in [0.15, 0.2) is 0 Å². The maximum absolute atomic E-state index is 6.02. The Hall–Kier alpha value is -0.730. The highest BCUT2D eigenvalue weighted by Crippen LogP contribution is 2.29. The quantitative estimate of drug-likeness (QED) is 0.870. The second-order valence-electron chi connectivity index (χ2n) is 4.05. The Morgan fingerprint density at radius 3 is 2.00 bits per heavy atom. The van der Waals surface area contributed by atoms with Gasteiger partial charge in [0, 0.05) is 27.5 Å². The smallest absolute Gasteiger partial charge is 0.0423 e. The van der Waals surface area contributed by atoms with Gasteiger partial charge < -0.3 is 5.73 Å². The second kappa shape index (κ2) is 5.94. The van der Waals surface area contributed by atoms with Crippen molar-refractivity contribution in [2.75, 3.05) is 6.54 Å². The van der Waals surface area contributed by atoms with Crippen molar-refractivity contribution in [2.24, 2.45) is 5.73 Å². The maximum atomic E-state index is 6.02. The van der Waals surface area contributed by atoms with E-state index in [1.165, 1.54) is 0 Å². The monoisotopic (exact) mass is 299 g/mol.